The van der Waals surface area contributed by atoms with Gasteiger partial charge in [-0.3, -0.25) is 0 Å². The molecule has 0 radical (unpaired) electrons. The van der Waals surface area contributed by atoms with Gasteiger partial charge in [-0.1, -0.05) is 5.16 Å². The van der Waals surface area contributed by atoms with Crippen LogP contribution >= 0.6 is 0 Å². The molecule has 13 heavy (non-hydrogen) atoms. The molecule has 1 unspecified atom stereocenters. The van der Waals surface area contributed by atoms with E-state index < -0.39 is 6.10 Å². The summed E-state index contributed by atoms with van der Waals surface area (Å²) >= 11 is 0. The van der Waals surface area contributed by atoms with Crippen molar-refractivity contribution in [3.8, 4) is 0 Å². The minimum Gasteiger partial charge on any atom is -0.409 e. The number of aliphatic hydroxyl groups is 1. The zero-order valence-electron chi connectivity index (χ0n) is 7.73. The molecule has 0 aliphatic heterocycles. The van der Waals surface area contributed by atoms with E-state index in [-0.39, 0.29) is 5.84 Å². The van der Waals surface area contributed by atoms with Crippen molar-refractivity contribution in [1.82, 2.24) is 5.32 Å². The third-order valence-electron chi connectivity index (χ3n) is 1.43. The van der Waals surface area contributed by atoms with Crippen molar-refractivity contribution in [1.29, 1.82) is 0 Å². The van der Waals surface area contributed by atoms with E-state index in [9.17, 15) is 5.11 Å². The fraction of sp³-hybridized carbons (Fsp3) is 0.857. The first-order valence-electron chi connectivity index (χ1n) is 4.04. The second-order valence-corrected chi connectivity index (χ2v) is 2.65. The summed E-state index contributed by atoms with van der Waals surface area (Å²) in [6.45, 7) is 1.31. The van der Waals surface area contributed by atoms with Crippen LogP contribution in [0.2, 0.25) is 0 Å². The number of nitrogens with one attached hydrogen (secondary N) is 1. The summed E-state index contributed by atoms with van der Waals surface area (Å²) < 4.78 is 4.72. The Bertz CT molecular complexity index is 152. The average molecular weight is 191 g/mol. The summed E-state index contributed by atoms with van der Waals surface area (Å²) in [6.07, 6.45) is -0.0618. The van der Waals surface area contributed by atoms with E-state index in [2.05, 4.69) is 10.5 Å². The first-order valence-corrected chi connectivity index (χ1v) is 4.04. The molecule has 0 aliphatic rings. The van der Waals surface area contributed by atoms with E-state index in [1.807, 2.05) is 0 Å². The zero-order chi connectivity index (χ0) is 10.1. The number of rotatable bonds is 7. The van der Waals surface area contributed by atoms with E-state index in [1.165, 1.54) is 7.11 Å². The molecule has 0 bridgehead atoms. The van der Waals surface area contributed by atoms with Gasteiger partial charge in [0, 0.05) is 26.6 Å². The van der Waals surface area contributed by atoms with Crippen molar-refractivity contribution >= 4 is 5.84 Å². The predicted octanol–water partition coefficient (Wildman–Crippen LogP) is -1.28. The Morgan fingerprint density at radius 1 is 1.69 bits per heavy atom. The Morgan fingerprint density at radius 2 is 2.38 bits per heavy atom. The second-order valence-electron chi connectivity index (χ2n) is 2.65. The SMILES string of the molecule is COCC(O)CNCCC(N)=NO. The third-order valence-corrected chi connectivity index (χ3v) is 1.43. The molecule has 78 valence electrons. The molecule has 0 aromatic heterocycles. The highest BCUT2D eigenvalue weighted by molar-refractivity contribution is 5.79. The molecule has 0 saturated carbocycles. The predicted molar refractivity (Wildman–Crippen MR) is 48.8 cm³/mol. The van der Waals surface area contributed by atoms with Gasteiger partial charge in [0.05, 0.1) is 12.7 Å². The Labute approximate surface area is 77.4 Å². The lowest BCUT2D eigenvalue weighted by atomic mass is 10.3. The maximum atomic E-state index is 9.17. The van der Waals surface area contributed by atoms with Gasteiger partial charge in [0.2, 0.25) is 0 Å². The molecular weight excluding hydrogens is 174 g/mol. The van der Waals surface area contributed by atoms with Crippen LogP contribution in [0.4, 0.5) is 0 Å². The maximum Gasteiger partial charge on any atom is 0.140 e. The smallest absolute Gasteiger partial charge is 0.140 e. The quantitative estimate of drug-likeness (QED) is 0.132. The largest absolute Gasteiger partial charge is 0.409 e. The summed E-state index contributed by atoms with van der Waals surface area (Å²) in [4.78, 5) is 0. The molecular formula is C7H17N3O3. The van der Waals surface area contributed by atoms with Crippen molar-refractivity contribution in [3.05, 3.63) is 0 Å². The molecule has 6 heteroatoms. The molecule has 0 heterocycles. The molecule has 0 aromatic rings. The van der Waals surface area contributed by atoms with Gasteiger partial charge in [-0.05, 0) is 0 Å². The van der Waals surface area contributed by atoms with Crippen LogP contribution in [0.5, 0.6) is 0 Å². The normalized spacial score (nSPS) is 14.5. The van der Waals surface area contributed by atoms with Gasteiger partial charge in [0.1, 0.15) is 5.84 Å². The maximum absolute atomic E-state index is 9.17. The Kier molecular flexibility index (Phi) is 7.27. The number of hydrogen-bond acceptors (Lipinski definition) is 5. The van der Waals surface area contributed by atoms with Gasteiger partial charge < -0.3 is 26.1 Å². The van der Waals surface area contributed by atoms with Crippen LogP contribution in [0.3, 0.4) is 0 Å². The lowest BCUT2D eigenvalue weighted by Crippen LogP contribution is -2.32. The monoisotopic (exact) mass is 191 g/mol. The van der Waals surface area contributed by atoms with Crippen molar-refractivity contribution in [2.24, 2.45) is 10.9 Å². The molecule has 0 fully saturated rings. The highest BCUT2D eigenvalue weighted by atomic mass is 16.5. The molecule has 1 atom stereocenters. The number of ether oxygens (including phenoxy) is 1. The third kappa shape index (κ3) is 7.51. The first-order chi connectivity index (χ1) is 6.20. The van der Waals surface area contributed by atoms with Crippen molar-refractivity contribution in [2.75, 3.05) is 26.8 Å². The molecule has 6 nitrogen and oxygen atoms in total. The van der Waals surface area contributed by atoms with Gasteiger partial charge >= 0.3 is 0 Å². The fourth-order valence-corrected chi connectivity index (χ4v) is 0.786. The summed E-state index contributed by atoms with van der Waals surface area (Å²) in [7, 11) is 1.53. The molecule has 0 amide bonds. The Hall–Kier alpha value is -0.850. The van der Waals surface area contributed by atoms with Gasteiger partial charge in [-0.15, -0.1) is 0 Å². The molecule has 0 aromatic carbocycles. The van der Waals surface area contributed by atoms with Gasteiger partial charge in [-0.2, -0.15) is 0 Å². The molecule has 0 saturated heterocycles. The van der Waals surface area contributed by atoms with Crippen LogP contribution in [0.25, 0.3) is 0 Å². The van der Waals surface area contributed by atoms with E-state index >= 15 is 0 Å². The molecule has 0 spiro atoms. The zero-order valence-corrected chi connectivity index (χ0v) is 7.73. The standard InChI is InChI=1S/C7H17N3O3/c1-13-5-6(11)4-9-3-2-7(8)10-12/h6,9,11-12H,2-5H2,1H3,(H2,8,10). The molecule has 5 N–H and O–H groups in total. The van der Waals surface area contributed by atoms with Crippen LogP contribution in [0.1, 0.15) is 6.42 Å². The summed E-state index contributed by atoms with van der Waals surface area (Å²) in [5.41, 5.74) is 5.22. The van der Waals surface area contributed by atoms with Crippen LogP contribution in [-0.4, -0.2) is 49.1 Å². The van der Waals surface area contributed by atoms with Gasteiger partial charge in [0.25, 0.3) is 0 Å². The van der Waals surface area contributed by atoms with Crippen LogP contribution < -0.4 is 11.1 Å². The van der Waals surface area contributed by atoms with Crippen molar-refractivity contribution in [3.63, 3.8) is 0 Å². The summed E-state index contributed by atoms with van der Waals surface area (Å²) in [6, 6.07) is 0. The number of methoxy groups -OCH3 is 1. The minimum absolute atomic E-state index is 0.175. The lowest BCUT2D eigenvalue weighted by molar-refractivity contribution is 0.0648. The van der Waals surface area contributed by atoms with Crippen molar-refractivity contribution in [2.45, 2.75) is 12.5 Å². The number of nitrogens with zero attached hydrogens (tertiary/aromatic N) is 1. The highest BCUT2D eigenvalue weighted by Crippen LogP contribution is 1.82. The van der Waals surface area contributed by atoms with E-state index in [4.69, 9.17) is 15.7 Å². The Morgan fingerprint density at radius 3 is 2.92 bits per heavy atom. The van der Waals surface area contributed by atoms with Crippen LogP contribution in [-0.2, 0) is 4.74 Å². The molecule has 0 aliphatic carbocycles. The van der Waals surface area contributed by atoms with Gasteiger partial charge in [0.15, 0.2) is 0 Å². The number of aliphatic hydroxyl groups excluding tert-OH is 1. The van der Waals surface area contributed by atoms with E-state index in [1.54, 1.807) is 0 Å². The van der Waals surface area contributed by atoms with E-state index in [0.717, 1.165) is 0 Å². The van der Waals surface area contributed by atoms with Crippen molar-refractivity contribution < 1.29 is 15.1 Å². The van der Waals surface area contributed by atoms with Gasteiger partial charge in [-0.25, -0.2) is 0 Å². The molecule has 0 rings (SSSR count). The Balaban J connectivity index is 3.25. The van der Waals surface area contributed by atoms with E-state index in [0.29, 0.717) is 26.1 Å². The second kappa shape index (κ2) is 7.78. The average Bonchev–Trinajstić information content (AvgIpc) is 2.12. The lowest BCUT2D eigenvalue weighted by Gasteiger charge is -2.09. The van der Waals surface area contributed by atoms with Crippen LogP contribution in [0, 0.1) is 0 Å². The number of nitrogens with two attached hydrogens (primary N) is 1. The number of hydrogen-bond donors (Lipinski definition) is 4. The summed E-state index contributed by atoms with van der Waals surface area (Å²) in [5.74, 6) is 0.175. The van der Waals surface area contributed by atoms with Crippen LogP contribution in [0.15, 0.2) is 5.16 Å². The fourth-order valence-electron chi connectivity index (χ4n) is 0.786. The number of amidine groups is 1. The topological polar surface area (TPSA) is 100 Å². The minimum atomic E-state index is -0.516. The summed E-state index contributed by atoms with van der Waals surface area (Å²) in [5, 5.41) is 23.1. The highest BCUT2D eigenvalue weighted by Gasteiger charge is 2.01. The number of oxime groups is 1. The first kappa shape index (κ1) is 12.2.